The van der Waals surface area contributed by atoms with Gasteiger partial charge in [-0.05, 0) is 43.4 Å². The van der Waals surface area contributed by atoms with Crippen LogP contribution in [0.1, 0.15) is 36.5 Å². The molecule has 1 atom stereocenters. The molecule has 0 bridgehead atoms. The maximum absolute atomic E-state index is 13.8. The van der Waals surface area contributed by atoms with Crippen LogP contribution in [0.15, 0.2) is 18.2 Å². The molecular formula is C15H19FN2O3. The van der Waals surface area contributed by atoms with Crippen LogP contribution in [-0.4, -0.2) is 35.1 Å². The number of carbonyl (C=O) groups is 2. The molecule has 114 valence electrons. The molecule has 6 heteroatoms. The summed E-state index contributed by atoms with van der Waals surface area (Å²) < 4.78 is 13.8. The average molecular weight is 294 g/mol. The second-order valence-corrected chi connectivity index (χ2v) is 5.45. The van der Waals surface area contributed by atoms with E-state index in [1.165, 1.54) is 12.1 Å². The minimum atomic E-state index is -1.20. The summed E-state index contributed by atoms with van der Waals surface area (Å²) in [5.74, 6) is -1.35. The number of anilines is 1. The summed E-state index contributed by atoms with van der Waals surface area (Å²) in [6, 6.07) is 3.11. The fraction of sp³-hybridized carbons (Fsp3) is 0.467. The highest BCUT2D eigenvalue weighted by Crippen LogP contribution is 2.19. The van der Waals surface area contributed by atoms with E-state index in [2.05, 4.69) is 12.2 Å². The lowest BCUT2D eigenvalue weighted by molar-refractivity contribution is 0.0696. The van der Waals surface area contributed by atoms with Gasteiger partial charge in [0.05, 0.1) is 11.3 Å². The molecule has 21 heavy (non-hydrogen) atoms. The summed E-state index contributed by atoms with van der Waals surface area (Å²) >= 11 is 0. The number of likely N-dealkylation sites (tertiary alicyclic amines) is 1. The fourth-order valence-corrected chi connectivity index (χ4v) is 2.41. The molecule has 0 saturated carbocycles. The highest BCUT2D eigenvalue weighted by molar-refractivity contribution is 5.91. The van der Waals surface area contributed by atoms with Gasteiger partial charge in [0.25, 0.3) is 0 Å². The third-order valence-electron chi connectivity index (χ3n) is 3.76. The molecule has 5 nitrogen and oxygen atoms in total. The lowest BCUT2D eigenvalue weighted by atomic mass is 10.0. The minimum absolute atomic E-state index is 0.00213. The molecule has 0 aromatic heterocycles. The van der Waals surface area contributed by atoms with Crippen molar-refractivity contribution < 1.29 is 19.1 Å². The standard InChI is InChI=1S/C15H19FN2O3/c1-10-3-2-7-18(8-6-10)15(21)17-13-5-4-11(14(19)20)9-12(13)16/h4-5,9-10H,2-3,6-8H2,1H3,(H,17,21)(H,19,20). The first-order valence-corrected chi connectivity index (χ1v) is 7.06. The molecule has 1 fully saturated rings. The summed E-state index contributed by atoms with van der Waals surface area (Å²) in [6.07, 6.45) is 2.97. The summed E-state index contributed by atoms with van der Waals surface area (Å²) in [6.45, 7) is 3.47. The topological polar surface area (TPSA) is 69.6 Å². The van der Waals surface area contributed by atoms with Crippen molar-refractivity contribution in [2.24, 2.45) is 5.92 Å². The van der Waals surface area contributed by atoms with E-state index in [0.29, 0.717) is 19.0 Å². The maximum Gasteiger partial charge on any atom is 0.335 e. The number of carboxylic acid groups (broad SMARTS) is 1. The van der Waals surface area contributed by atoms with Crippen molar-refractivity contribution in [3.63, 3.8) is 0 Å². The van der Waals surface area contributed by atoms with Gasteiger partial charge < -0.3 is 15.3 Å². The summed E-state index contributed by atoms with van der Waals surface area (Å²) in [7, 11) is 0. The van der Waals surface area contributed by atoms with Crippen LogP contribution >= 0.6 is 0 Å². The summed E-state index contributed by atoms with van der Waals surface area (Å²) in [5.41, 5.74) is -0.142. The first kappa shape index (κ1) is 15.3. The number of amides is 2. The molecule has 0 radical (unpaired) electrons. The Morgan fingerprint density at radius 2 is 2.10 bits per heavy atom. The molecule has 1 aromatic carbocycles. The number of nitrogens with zero attached hydrogens (tertiary/aromatic N) is 1. The second kappa shape index (κ2) is 6.56. The highest BCUT2D eigenvalue weighted by atomic mass is 19.1. The van der Waals surface area contributed by atoms with E-state index < -0.39 is 11.8 Å². The Labute approximate surface area is 122 Å². The van der Waals surface area contributed by atoms with Crippen LogP contribution in [-0.2, 0) is 0 Å². The van der Waals surface area contributed by atoms with Gasteiger partial charge in [-0.15, -0.1) is 0 Å². The number of halogens is 1. The Balaban J connectivity index is 2.03. The highest BCUT2D eigenvalue weighted by Gasteiger charge is 2.19. The monoisotopic (exact) mass is 294 g/mol. The zero-order valence-electron chi connectivity index (χ0n) is 11.9. The molecule has 1 aromatic rings. The lowest BCUT2D eigenvalue weighted by Gasteiger charge is -2.21. The van der Waals surface area contributed by atoms with Crippen molar-refractivity contribution >= 4 is 17.7 Å². The SMILES string of the molecule is CC1CCCN(C(=O)Nc2ccc(C(=O)O)cc2F)CC1. The van der Waals surface area contributed by atoms with Crippen LogP contribution in [0, 0.1) is 11.7 Å². The Morgan fingerprint density at radius 3 is 2.76 bits per heavy atom. The van der Waals surface area contributed by atoms with Crippen LogP contribution in [0.2, 0.25) is 0 Å². The molecule has 2 rings (SSSR count). The van der Waals surface area contributed by atoms with Crippen molar-refractivity contribution in [3.05, 3.63) is 29.6 Å². The molecular weight excluding hydrogens is 275 g/mol. The van der Waals surface area contributed by atoms with E-state index >= 15 is 0 Å². The van der Waals surface area contributed by atoms with Crippen molar-refractivity contribution in [2.75, 3.05) is 18.4 Å². The Bertz CT molecular complexity index is 548. The first-order valence-electron chi connectivity index (χ1n) is 7.06. The third kappa shape index (κ3) is 3.93. The van der Waals surface area contributed by atoms with E-state index in [-0.39, 0.29) is 17.3 Å². The van der Waals surface area contributed by atoms with Gasteiger partial charge in [0.2, 0.25) is 0 Å². The average Bonchev–Trinajstić information content (AvgIpc) is 2.65. The van der Waals surface area contributed by atoms with E-state index in [9.17, 15) is 14.0 Å². The summed E-state index contributed by atoms with van der Waals surface area (Å²) in [4.78, 5) is 24.5. The smallest absolute Gasteiger partial charge is 0.335 e. The molecule has 1 aliphatic heterocycles. The zero-order valence-corrected chi connectivity index (χ0v) is 11.9. The van der Waals surface area contributed by atoms with Crippen molar-refractivity contribution in [1.29, 1.82) is 0 Å². The molecule has 2 amide bonds. The predicted molar refractivity (Wildman–Crippen MR) is 77.0 cm³/mol. The molecule has 0 aliphatic carbocycles. The largest absolute Gasteiger partial charge is 0.478 e. The number of hydrogen-bond acceptors (Lipinski definition) is 2. The van der Waals surface area contributed by atoms with Gasteiger partial charge in [-0.3, -0.25) is 0 Å². The molecule has 2 N–H and O–H groups in total. The number of carboxylic acids is 1. The number of aromatic carboxylic acids is 1. The number of carbonyl (C=O) groups excluding carboxylic acids is 1. The van der Waals surface area contributed by atoms with Crippen LogP contribution < -0.4 is 5.32 Å². The van der Waals surface area contributed by atoms with E-state index in [0.717, 1.165) is 25.3 Å². The lowest BCUT2D eigenvalue weighted by Crippen LogP contribution is -2.36. The van der Waals surface area contributed by atoms with Gasteiger partial charge in [0, 0.05) is 13.1 Å². The molecule has 1 saturated heterocycles. The van der Waals surface area contributed by atoms with Crippen LogP contribution in [0.25, 0.3) is 0 Å². The van der Waals surface area contributed by atoms with Gasteiger partial charge in [-0.25, -0.2) is 14.0 Å². The Hall–Kier alpha value is -2.11. The normalized spacial score (nSPS) is 19.0. The van der Waals surface area contributed by atoms with Crippen LogP contribution in [0.5, 0.6) is 0 Å². The molecule has 1 aliphatic rings. The van der Waals surface area contributed by atoms with Gasteiger partial charge in [0.1, 0.15) is 5.82 Å². The van der Waals surface area contributed by atoms with Crippen molar-refractivity contribution in [1.82, 2.24) is 4.90 Å². The quantitative estimate of drug-likeness (QED) is 0.880. The van der Waals surface area contributed by atoms with Gasteiger partial charge in [-0.1, -0.05) is 6.92 Å². The van der Waals surface area contributed by atoms with E-state index in [1.807, 2.05) is 0 Å². The van der Waals surface area contributed by atoms with E-state index in [4.69, 9.17) is 5.11 Å². The number of urea groups is 1. The minimum Gasteiger partial charge on any atom is -0.478 e. The van der Waals surface area contributed by atoms with Gasteiger partial charge in [0.15, 0.2) is 0 Å². The van der Waals surface area contributed by atoms with Crippen LogP contribution in [0.4, 0.5) is 14.9 Å². The van der Waals surface area contributed by atoms with Crippen LogP contribution in [0.3, 0.4) is 0 Å². The molecule has 1 heterocycles. The number of rotatable bonds is 2. The molecule has 0 spiro atoms. The third-order valence-corrected chi connectivity index (χ3v) is 3.76. The van der Waals surface area contributed by atoms with Gasteiger partial charge >= 0.3 is 12.0 Å². The van der Waals surface area contributed by atoms with Crippen molar-refractivity contribution in [2.45, 2.75) is 26.2 Å². The fourth-order valence-electron chi connectivity index (χ4n) is 2.41. The molecule has 1 unspecified atom stereocenters. The number of benzene rings is 1. The first-order chi connectivity index (χ1) is 9.97. The Morgan fingerprint density at radius 1 is 1.33 bits per heavy atom. The summed E-state index contributed by atoms with van der Waals surface area (Å²) in [5, 5.41) is 11.3. The number of hydrogen-bond donors (Lipinski definition) is 2. The van der Waals surface area contributed by atoms with Crippen molar-refractivity contribution in [3.8, 4) is 0 Å². The predicted octanol–water partition coefficient (Wildman–Crippen LogP) is 3.18. The van der Waals surface area contributed by atoms with Gasteiger partial charge in [-0.2, -0.15) is 0 Å². The van der Waals surface area contributed by atoms with E-state index in [1.54, 1.807) is 4.90 Å². The Kier molecular flexibility index (Phi) is 4.77. The second-order valence-electron chi connectivity index (χ2n) is 5.45. The maximum atomic E-state index is 13.8. The zero-order chi connectivity index (χ0) is 15.4. The number of nitrogens with one attached hydrogen (secondary N) is 1.